The van der Waals surface area contributed by atoms with Crippen LogP contribution in [0.3, 0.4) is 0 Å². The fraction of sp³-hybridized carbons (Fsp3) is 0.368. The maximum atomic E-state index is 11.9. The van der Waals surface area contributed by atoms with Gasteiger partial charge in [-0.3, -0.25) is 19.5 Å². The molecule has 3 amide bonds. The predicted octanol–water partition coefficient (Wildman–Crippen LogP) is 1.36. The standard InChI is InChI=1S/C19H24N4O4/c20-17(24)12-23(13-18(21)25)19(26)27-11-5-1-2-6-14-9-10-22-16-8-4-3-7-15(14)16/h3-4,7-10H,1-2,5-6,11-13H2,(H2,20,24)(H2,21,25). The van der Waals surface area contributed by atoms with Gasteiger partial charge in [0.15, 0.2) is 0 Å². The van der Waals surface area contributed by atoms with Crippen LogP contribution in [-0.2, 0) is 20.7 Å². The normalized spacial score (nSPS) is 10.5. The number of nitrogens with zero attached hydrogens (tertiary/aromatic N) is 2. The molecule has 0 saturated heterocycles. The number of ether oxygens (including phenoxy) is 1. The van der Waals surface area contributed by atoms with Crippen LogP contribution in [-0.4, -0.2) is 47.5 Å². The molecule has 0 radical (unpaired) electrons. The van der Waals surface area contributed by atoms with Gasteiger partial charge in [-0.2, -0.15) is 0 Å². The Morgan fingerprint density at radius 1 is 0.963 bits per heavy atom. The highest BCUT2D eigenvalue weighted by atomic mass is 16.6. The van der Waals surface area contributed by atoms with Crippen LogP contribution < -0.4 is 11.5 Å². The monoisotopic (exact) mass is 372 g/mol. The number of rotatable bonds is 10. The van der Waals surface area contributed by atoms with Gasteiger partial charge in [0.1, 0.15) is 13.1 Å². The van der Waals surface area contributed by atoms with E-state index in [1.54, 1.807) is 0 Å². The van der Waals surface area contributed by atoms with Gasteiger partial charge in [0.2, 0.25) is 11.8 Å². The van der Waals surface area contributed by atoms with Crippen molar-refractivity contribution in [2.75, 3.05) is 19.7 Å². The second-order valence-corrected chi connectivity index (χ2v) is 6.20. The Kier molecular flexibility index (Phi) is 7.54. The van der Waals surface area contributed by atoms with Crippen molar-refractivity contribution in [1.29, 1.82) is 0 Å². The minimum absolute atomic E-state index is 0.198. The van der Waals surface area contributed by atoms with Crippen molar-refractivity contribution < 1.29 is 19.1 Å². The molecule has 1 aromatic carbocycles. The molecule has 8 heteroatoms. The van der Waals surface area contributed by atoms with E-state index in [0.29, 0.717) is 6.42 Å². The molecule has 1 aromatic heterocycles. The second kappa shape index (κ2) is 10.1. The average molecular weight is 372 g/mol. The smallest absolute Gasteiger partial charge is 0.410 e. The fourth-order valence-electron chi connectivity index (χ4n) is 2.78. The number of carbonyl (C=O) groups is 3. The first-order valence-electron chi connectivity index (χ1n) is 8.78. The van der Waals surface area contributed by atoms with Crippen LogP contribution in [0.25, 0.3) is 10.9 Å². The molecule has 0 fully saturated rings. The van der Waals surface area contributed by atoms with Crippen LogP contribution in [0.2, 0.25) is 0 Å². The summed E-state index contributed by atoms with van der Waals surface area (Å²) in [5, 5.41) is 1.15. The van der Waals surface area contributed by atoms with Crippen LogP contribution in [0.1, 0.15) is 24.8 Å². The Hall–Kier alpha value is -3.16. The molecule has 0 aliphatic carbocycles. The van der Waals surface area contributed by atoms with E-state index >= 15 is 0 Å². The van der Waals surface area contributed by atoms with Crippen molar-refractivity contribution in [3.05, 3.63) is 42.1 Å². The van der Waals surface area contributed by atoms with E-state index in [1.165, 1.54) is 5.56 Å². The van der Waals surface area contributed by atoms with Crippen LogP contribution >= 0.6 is 0 Å². The third kappa shape index (κ3) is 6.58. The Labute approximate surface area is 157 Å². The summed E-state index contributed by atoms with van der Waals surface area (Å²) in [5.74, 6) is -1.48. The Morgan fingerprint density at radius 3 is 2.37 bits per heavy atom. The SMILES string of the molecule is NC(=O)CN(CC(N)=O)C(=O)OCCCCCc1ccnc2ccccc12. The fourth-order valence-corrected chi connectivity index (χ4v) is 2.78. The van der Waals surface area contributed by atoms with Crippen molar-refractivity contribution in [3.63, 3.8) is 0 Å². The lowest BCUT2D eigenvalue weighted by atomic mass is 10.0. The van der Waals surface area contributed by atoms with Gasteiger partial charge >= 0.3 is 6.09 Å². The lowest BCUT2D eigenvalue weighted by Gasteiger charge is -2.18. The summed E-state index contributed by atoms with van der Waals surface area (Å²) in [4.78, 5) is 39.1. The number of amides is 3. The topological polar surface area (TPSA) is 129 Å². The molecule has 0 atom stereocenters. The van der Waals surface area contributed by atoms with E-state index in [4.69, 9.17) is 16.2 Å². The first kappa shape index (κ1) is 20.2. The van der Waals surface area contributed by atoms with Crippen LogP contribution in [0.15, 0.2) is 36.5 Å². The number of benzene rings is 1. The van der Waals surface area contributed by atoms with Gasteiger partial charge in [0, 0.05) is 11.6 Å². The van der Waals surface area contributed by atoms with Crippen molar-refractivity contribution in [3.8, 4) is 0 Å². The molecule has 2 rings (SSSR count). The van der Waals surface area contributed by atoms with Gasteiger partial charge in [0.25, 0.3) is 0 Å². The average Bonchev–Trinajstić information content (AvgIpc) is 2.63. The van der Waals surface area contributed by atoms with E-state index in [2.05, 4.69) is 11.1 Å². The van der Waals surface area contributed by atoms with E-state index in [1.807, 2.05) is 30.5 Å². The zero-order chi connectivity index (χ0) is 19.6. The molecule has 8 nitrogen and oxygen atoms in total. The van der Waals surface area contributed by atoms with E-state index < -0.39 is 31.0 Å². The number of nitrogens with two attached hydrogens (primary N) is 2. The van der Waals surface area contributed by atoms with Crippen molar-refractivity contribution in [2.45, 2.75) is 25.7 Å². The summed E-state index contributed by atoms with van der Waals surface area (Å²) in [6, 6.07) is 10.0. The summed E-state index contributed by atoms with van der Waals surface area (Å²) >= 11 is 0. The highest BCUT2D eigenvalue weighted by molar-refractivity contribution is 5.85. The zero-order valence-electron chi connectivity index (χ0n) is 15.1. The minimum atomic E-state index is -0.771. The number of fused-ring (bicyclic) bond motifs is 1. The predicted molar refractivity (Wildman–Crippen MR) is 101 cm³/mol. The van der Waals surface area contributed by atoms with Gasteiger partial charge in [-0.15, -0.1) is 0 Å². The first-order valence-corrected chi connectivity index (χ1v) is 8.78. The summed E-state index contributed by atoms with van der Waals surface area (Å²) in [6.45, 7) is -0.613. The first-order chi connectivity index (χ1) is 13.0. The van der Waals surface area contributed by atoms with Crippen LogP contribution in [0.5, 0.6) is 0 Å². The molecule has 0 aliphatic heterocycles. The van der Waals surface area contributed by atoms with E-state index in [-0.39, 0.29) is 6.61 Å². The maximum Gasteiger partial charge on any atom is 0.410 e. The van der Waals surface area contributed by atoms with Gasteiger partial charge < -0.3 is 16.2 Å². The molecule has 144 valence electrons. The Balaban J connectivity index is 1.72. The molecule has 0 unspecified atom stereocenters. The van der Waals surface area contributed by atoms with E-state index in [9.17, 15) is 14.4 Å². The lowest BCUT2D eigenvalue weighted by molar-refractivity contribution is -0.121. The maximum absolute atomic E-state index is 11.9. The summed E-state index contributed by atoms with van der Waals surface area (Å²) in [7, 11) is 0. The number of carbonyl (C=O) groups excluding carboxylic acids is 3. The zero-order valence-corrected chi connectivity index (χ0v) is 15.1. The highest BCUT2D eigenvalue weighted by Gasteiger charge is 2.19. The number of unbranched alkanes of at least 4 members (excludes halogenated alkanes) is 2. The number of pyridine rings is 1. The number of hydrogen-bond donors (Lipinski definition) is 2. The molecule has 0 spiro atoms. The molecule has 27 heavy (non-hydrogen) atoms. The van der Waals surface area contributed by atoms with Crippen LogP contribution in [0.4, 0.5) is 4.79 Å². The largest absolute Gasteiger partial charge is 0.449 e. The summed E-state index contributed by atoms with van der Waals surface area (Å²) < 4.78 is 5.09. The lowest BCUT2D eigenvalue weighted by Crippen LogP contribution is -2.43. The highest BCUT2D eigenvalue weighted by Crippen LogP contribution is 2.18. The second-order valence-electron chi connectivity index (χ2n) is 6.20. The summed E-state index contributed by atoms with van der Waals surface area (Å²) in [6.07, 6.45) is 4.44. The molecule has 0 saturated carbocycles. The van der Waals surface area contributed by atoms with Gasteiger partial charge in [-0.1, -0.05) is 18.2 Å². The van der Waals surface area contributed by atoms with Crippen LogP contribution in [0, 0.1) is 0 Å². The molecule has 4 N–H and O–H groups in total. The third-order valence-electron chi connectivity index (χ3n) is 4.01. The Morgan fingerprint density at radius 2 is 1.67 bits per heavy atom. The molecular formula is C19H24N4O4. The number of primary amides is 2. The van der Waals surface area contributed by atoms with Gasteiger partial charge in [-0.05, 0) is 43.4 Å². The third-order valence-corrected chi connectivity index (χ3v) is 4.01. The molecule has 2 aromatic rings. The number of aryl methyl sites for hydroxylation is 1. The number of para-hydroxylation sites is 1. The molecule has 0 bridgehead atoms. The van der Waals surface area contributed by atoms with Gasteiger partial charge in [0.05, 0.1) is 12.1 Å². The molecule has 1 heterocycles. The summed E-state index contributed by atoms with van der Waals surface area (Å²) in [5.41, 5.74) is 12.3. The quantitative estimate of drug-likeness (QED) is 0.608. The van der Waals surface area contributed by atoms with Crippen molar-refractivity contribution >= 4 is 28.8 Å². The van der Waals surface area contributed by atoms with Crippen molar-refractivity contribution in [2.24, 2.45) is 11.5 Å². The van der Waals surface area contributed by atoms with Gasteiger partial charge in [-0.25, -0.2) is 4.79 Å². The van der Waals surface area contributed by atoms with E-state index in [0.717, 1.165) is 35.1 Å². The molecular weight excluding hydrogens is 348 g/mol. The minimum Gasteiger partial charge on any atom is -0.449 e. The number of aromatic nitrogens is 1. The number of hydrogen-bond acceptors (Lipinski definition) is 5. The molecule has 0 aliphatic rings. The Bertz CT molecular complexity index is 788. The van der Waals surface area contributed by atoms with Crippen molar-refractivity contribution in [1.82, 2.24) is 9.88 Å².